The smallest absolute Gasteiger partial charge is 0.372 e. The topological polar surface area (TPSA) is 57.6 Å². The average Bonchev–Trinajstić information content (AvgIpc) is 2.32. The van der Waals surface area contributed by atoms with Crippen molar-refractivity contribution in [3.63, 3.8) is 0 Å². The minimum Gasteiger partial charge on any atom is -0.372 e. The molecule has 20 heavy (non-hydrogen) atoms. The minimum atomic E-state index is -4.37. The lowest BCUT2D eigenvalue weighted by atomic mass is 10.2. The van der Waals surface area contributed by atoms with Crippen LogP contribution in [0.1, 0.15) is 18.9 Å². The quantitative estimate of drug-likeness (QED) is 0.821. The van der Waals surface area contributed by atoms with E-state index in [9.17, 15) is 21.6 Å². The van der Waals surface area contributed by atoms with Gasteiger partial charge in [-0.2, -0.15) is 21.6 Å². The van der Waals surface area contributed by atoms with Crippen LogP contribution in [-0.2, 0) is 16.3 Å². The normalized spacial score (nSPS) is 12.4. The predicted octanol–water partition coefficient (Wildman–Crippen LogP) is 2.81. The van der Waals surface area contributed by atoms with Crippen LogP contribution >= 0.6 is 0 Å². The van der Waals surface area contributed by atoms with Crippen LogP contribution in [0.4, 0.5) is 18.9 Å². The number of alkyl halides is 3. The first-order chi connectivity index (χ1) is 9.13. The lowest BCUT2D eigenvalue weighted by Crippen LogP contribution is -2.25. The number of rotatable bonds is 6. The Bertz CT molecular complexity index is 526. The first kappa shape index (κ1) is 16.8. The van der Waals surface area contributed by atoms with Gasteiger partial charge in [0.25, 0.3) is 10.1 Å². The number of hydrogen-bond acceptors (Lipinski definition) is 3. The molecule has 0 aromatic heterocycles. The van der Waals surface area contributed by atoms with Gasteiger partial charge in [0, 0.05) is 18.8 Å². The van der Waals surface area contributed by atoms with Crippen molar-refractivity contribution in [2.75, 3.05) is 23.7 Å². The highest BCUT2D eigenvalue weighted by Crippen LogP contribution is 2.30. The van der Waals surface area contributed by atoms with Crippen molar-refractivity contribution in [1.29, 1.82) is 0 Å². The highest BCUT2D eigenvalue weighted by Gasteiger charge is 2.30. The molecular weight excluding hydrogens is 295 g/mol. The first-order valence-corrected chi connectivity index (χ1v) is 7.62. The molecule has 0 heterocycles. The molecule has 1 N–H and O–H groups in total. The molecule has 1 rings (SSSR count). The second kappa shape index (κ2) is 6.45. The maximum atomic E-state index is 12.4. The molecule has 4 nitrogen and oxygen atoms in total. The molecule has 0 saturated heterocycles. The standard InChI is InChI=1S/C12H16F3NO3S/c1-2-16(8-3-9-20(17,18)19)11-6-4-10(5-7-11)12(13,14)15/h4-7H,2-3,8-9H2,1H3,(H,17,18,19). The molecule has 0 spiro atoms. The molecule has 0 atom stereocenters. The van der Waals surface area contributed by atoms with Gasteiger partial charge in [-0.25, -0.2) is 0 Å². The average molecular weight is 311 g/mol. The molecule has 114 valence electrons. The van der Waals surface area contributed by atoms with E-state index in [4.69, 9.17) is 4.55 Å². The fourth-order valence-corrected chi connectivity index (χ4v) is 2.26. The number of hydrogen-bond donors (Lipinski definition) is 1. The zero-order valence-electron chi connectivity index (χ0n) is 10.9. The molecule has 0 bridgehead atoms. The molecule has 0 aliphatic carbocycles. The Hall–Kier alpha value is -1.28. The lowest BCUT2D eigenvalue weighted by molar-refractivity contribution is -0.137. The maximum Gasteiger partial charge on any atom is 0.416 e. The second-order valence-corrected chi connectivity index (χ2v) is 5.84. The maximum absolute atomic E-state index is 12.4. The SMILES string of the molecule is CCN(CCCS(=O)(=O)O)c1ccc(C(F)(F)F)cc1. The molecule has 1 aromatic rings. The summed E-state index contributed by atoms with van der Waals surface area (Å²) >= 11 is 0. The summed E-state index contributed by atoms with van der Waals surface area (Å²) in [6.45, 7) is 2.67. The van der Waals surface area contributed by atoms with Crippen molar-refractivity contribution < 1.29 is 26.1 Å². The summed E-state index contributed by atoms with van der Waals surface area (Å²) in [6, 6.07) is 4.67. The van der Waals surface area contributed by atoms with Gasteiger partial charge in [0.15, 0.2) is 0 Å². The van der Waals surface area contributed by atoms with E-state index < -0.39 is 21.9 Å². The van der Waals surface area contributed by atoms with Gasteiger partial charge in [0.1, 0.15) is 0 Å². The number of anilines is 1. The van der Waals surface area contributed by atoms with Crippen molar-refractivity contribution in [2.24, 2.45) is 0 Å². The van der Waals surface area contributed by atoms with Crippen LogP contribution in [-0.4, -0.2) is 31.8 Å². The van der Waals surface area contributed by atoms with Gasteiger partial charge in [-0.15, -0.1) is 0 Å². The Morgan fingerprint density at radius 1 is 1.20 bits per heavy atom. The summed E-state index contributed by atoms with van der Waals surface area (Å²) in [4.78, 5) is 1.74. The summed E-state index contributed by atoms with van der Waals surface area (Å²) in [5.74, 6) is -0.371. The number of halogens is 3. The summed E-state index contributed by atoms with van der Waals surface area (Å²) in [7, 11) is -4.01. The van der Waals surface area contributed by atoms with Crippen molar-refractivity contribution in [1.82, 2.24) is 0 Å². The van der Waals surface area contributed by atoms with Crippen LogP contribution < -0.4 is 4.90 Å². The molecule has 1 aromatic carbocycles. The molecule has 8 heteroatoms. The van der Waals surface area contributed by atoms with Gasteiger partial charge in [-0.05, 0) is 37.6 Å². The Labute approximate surface area is 116 Å². The van der Waals surface area contributed by atoms with Crippen molar-refractivity contribution in [3.8, 4) is 0 Å². The van der Waals surface area contributed by atoms with Crippen LogP contribution in [0, 0.1) is 0 Å². The van der Waals surface area contributed by atoms with E-state index in [1.165, 1.54) is 12.1 Å². The Balaban J connectivity index is 2.71. The van der Waals surface area contributed by atoms with Gasteiger partial charge >= 0.3 is 6.18 Å². The van der Waals surface area contributed by atoms with E-state index in [1.807, 2.05) is 6.92 Å². The fourth-order valence-electron chi connectivity index (χ4n) is 1.77. The molecule has 0 saturated carbocycles. The second-order valence-electron chi connectivity index (χ2n) is 4.26. The zero-order valence-corrected chi connectivity index (χ0v) is 11.7. The van der Waals surface area contributed by atoms with Gasteiger partial charge in [0.2, 0.25) is 0 Å². The molecule has 0 amide bonds. The molecular formula is C12H16F3NO3S. The third kappa shape index (κ3) is 5.38. The van der Waals surface area contributed by atoms with Crippen LogP contribution in [0.3, 0.4) is 0 Å². The largest absolute Gasteiger partial charge is 0.416 e. The third-order valence-corrected chi connectivity index (χ3v) is 3.58. The van der Waals surface area contributed by atoms with Gasteiger partial charge in [-0.3, -0.25) is 4.55 Å². The molecule has 0 radical (unpaired) electrons. The van der Waals surface area contributed by atoms with Crippen LogP contribution in [0.15, 0.2) is 24.3 Å². The van der Waals surface area contributed by atoms with Crippen molar-refractivity contribution in [3.05, 3.63) is 29.8 Å². The highest BCUT2D eigenvalue weighted by atomic mass is 32.2. The van der Waals surface area contributed by atoms with Gasteiger partial charge in [-0.1, -0.05) is 0 Å². The van der Waals surface area contributed by atoms with E-state index in [1.54, 1.807) is 4.90 Å². The van der Waals surface area contributed by atoms with E-state index in [0.29, 0.717) is 18.8 Å². The van der Waals surface area contributed by atoms with E-state index in [0.717, 1.165) is 12.1 Å². The number of benzene rings is 1. The van der Waals surface area contributed by atoms with E-state index in [2.05, 4.69) is 0 Å². The lowest BCUT2D eigenvalue weighted by Gasteiger charge is -2.23. The van der Waals surface area contributed by atoms with E-state index >= 15 is 0 Å². The monoisotopic (exact) mass is 311 g/mol. The summed E-state index contributed by atoms with van der Waals surface area (Å²) < 4.78 is 67.1. The molecule has 0 aliphatic rings. The summed E-state index contributed by atoms with van der Waals surface area (Å²) in [5.41, 5.74) is -0.147. The molecule has 0 unspecified atom stereocenters. The first-order valence-electron chi connectivity index (χ1n) is 6.01. The van der Waals surface area contributed by atoms with Crippen molar-refractivity contribution >= 4 is 15.8 Å². The number of nitrogens with zero attached hydrogens (tertiary/aromatic N) is 1. The fraction of sp³-hybridized carbons (Fsp3) is 0.500. The van der Waals surface area contributed by atoms with Crippen LogP contribution in [0.25, 0.3) is 0 Å². The zero-order chi connectivity index (χ0) is 15.4. The summed E-state index contributed by atoms with van der Waals surface area (Å²) in [6.07, 6.45) is -4.17. The van der Waals surface area contributed by atoms with Crippen LogP contribution in [0.2, 0.25) is 0 Å². The van der Waals surface area contributed by atoms with Crippen molar-refractivity contribution in [2.45, 2.75) is 19.5 Å². The Morgan fingerprint density at radius 3 is 2.15 bits per heavy atom. The highest BCUT2D eigenvalue weighted by molar-refractivity contribution is 7.85. The van der Waals surface area contributed by atoms with Crippen LogP contribution in [0.5, 0.6) is 0 Å². The van der Waals surface area contributed by atoms with Gasteiger partial charge < -0.3 is 4.90 Å². The summed E-state index contributed by atoms with van der Waals surface area (Å²) in [5, 5.41) is 0. The van der Waals surface area contributed by atoms with Gasteiger partial charge in [0.05, 0.1) is 11.3 Å². The third-order valence-electron chi connectivity index (χ3n) is 2.77. The Morgan fingerprint density at radius 2 is 1.75 bits per heavy atom. The molecule has 0 fully saturated rings. The molecule has 0 aliphatic heterocycles. The minimum absolute atomic E-state index is 0.202. The Kier molecular flexibility index (Phi) is 5.41. The predicted molar refractivity (Wildman–Crippen MR) is 70.4 cm³/mol. The van der Waals surface area contributed by atoms with E-state index in [-0.39, 0.29) is 12.2 Å².